The zero-order valence-electron chi connectivity index (χ0n) is 11.6. The first-order valence-corrected chi connectivity index (χ1v) is 7.30. The third kappa shape index (κ3) is 2.45. The normalized spacial score (nSPS) is 11.0. The zero-order chi connectivity index (χ0) is 15.0. The van der Waals surface area contributed by atoms with Gasteiger partial charge >= 0.3 is 0 Å². The molecule has 2 heterocycles. The van der Waals surface area contributed by atoms with E-state index in [4.69, 9.17) is 27.9 Å². The van der Waals surface area contributed by atoms with Gasteiger partial charge in [-0.1, -0.05) is 11.6 Å². The summed E-state index contributed by atoms with van der Waals surface area (Å²) >= 11 is 12.1. The average molecular weight is 322 g/mol. The molecule has 0 aliphatic rings. The smallest absolute Gasteiger partial charge is 0.164 e. The summed E-state index contributed by atoms with van der Waals surface area (Å²) < 4.78 is 7.20. The van der Waals surface area contributed by atoms with Crippen LogP contribution in [0.4, 0.5) is 0 Å². The molecule has 0 spiro atoms. The van der Waals surface area contributed by atoms with Crippen molar-refractivity contribution in [3.8, 4) is 11.4 Å². The van der Waals surface area contributed by atoms with Crippen molar-refractivity contribution in [2.45, 2.75) is 12.8 Å². The first-order valence-electron chi connectivity index (χ1n) is 6.39. The standard InChI is InChI=1S/C15H13Cl2N3O/c1-9-3-6-12-15(18-9)20(14(8-16)19-12)10-4-5-11(17)13(7-10)21-2/h3-7H,8H2,1-2H3. The fraction of sp³-hybridized carbons (Fsp3) is 0.200. The number of nitrogens with zero attached hydrogens (tertiary/aromatic N) is 3. The molecule has 0 radical (unpaired) electrons. The lowest BCUT2D eigenvalue weighted by Crippen LogP contribution is -2.01. The highest BCUT2D eigenvalue weighted by atomic mass is 35.5. The van der Waals surface area contributed by atoms with Crippen LogP contribution in [0.5, 0.6) is 5.75 Å². The number of alkyl halides is 1. The number of pyridine rings is 1. The number of hydrogen-bond acceptors (Lipinski definition) is 3. The van der Waals surface area contributed by atoms with Gasteiger partial charge in [-0.2, -0.15) is 0 Å². The van der Waals surface area contributed by atoms with Crippen molar-refractivity contribution in [1.82, 2.24) is 14.5 Å². The Hall–Kier alpha value is -1.78. The SMILES string of the molecule is COc1cc(-n2c(CCl)nc3ccc(C)nc32)ccc1Cl. The molecule has 108 valence electrons. The number of benzene rings is 1. The maximum Gasteiger partial charge on any atom is 0.164 e. The van der Waals surface area contributed by atoms with Crippen molar-refractivity contribution in [3.63, 3.8) is 0 Å². The van der Waals surface area contributed by atoms with Crippen molar-refractivity contribution in [3.05, 3.63) is 46.9 Å². The third-order valence-corrected chi connectivity index (χ3v) is 3.78. The molecule has 1 aromatic carbocycles. The summed E-state index contributed by atoms with van der Waals surface area (Å²) in [6.07, 6.45) is 0. The van der Waals surface area contributed by atoms with Gasteiger partial charge in [0.15, 0.2) is 5.65 Å². The van der Waals surface area contributed by atoms with Crippen LogP contribution in [0.15, 0.2) is 30.3 Å². The Kier molecular flexibility index (Phi) is 3.74. The Morgan fingerprint density at radius 1 is 1.19 bits per heavy atom. The van der Waals surface area contributed by atoms with Crippen molar-refractivity contribution >= 4 is 34.4 Å². The van der Waals surface area contributed by atoms with Crippen molar-refractivity contribution in [2.75, 3.05) is 7.11 Å². The minimum atomic E-state index is 0.292. The van der Waals surface area contributed by atoms with Crippen LogP contribution in [0.3, 0.4) is 0 Å². The van der Waals surface area contributed by atoms with E-state index in [0.717, 1.165) is 28.4 Å². The Morgan fingerprint density at radius 2 is 2.00 bits per heavy atom. The molecule has 0 atom stereocenters. The van der Waals surface area contributed by atoms with Gasteiger partial charge in [0, 0.05) is 11.8 Å². The fourth-order valence-electron chi connectivity index (χ4n) is 2.25. The quantitative estimate of drug-likeness (QED) is 0.681. The average Bonchev–Trinajstić information content (AvgIpc) is 2.85. The molecule has 0 fully saturated rings. The summed E-state index contributed by atoms with van der Waals surface area (Å²) in [5.41, 5.74) is 3.37. The Balaban J connectivity index is 2.30. The molecule has 0 N–H and O–H groups in total. The summed E-state index contributed by atoms with van der Waals surface area (Å²) in [5, 5.41) is 0.558. The molecule has 0 saturated heterocycles. The van der Waals surface area contributed by atoms with Crippen LogP contribution >= 0.6 is 23.2 Å². The monoisotopic (exact) mass is 321 g/mol. The molecule has 0 aliphatic carbocycles. The predicted molar refractivity (Wildman–Crippen MR) is 84.7 cm³/mol. The third-order valence-electron chi connectivity index (χ3n) is 3.23. The molecule has 6 heteroatoms. The maximum atomic E-state index is 6.08. The maximum absolute atomic E-state index is 6.08. The number of rotatable bonds is 3. The lowest BCUT2D eigenvalue weighted by Gasteiger charge is -2.10. The molecule has 3 rings (SSSR count). The molecule has 0 unspecified atom stereocenters. The van der Waals surface area contributed by atoms with Crippen LogP contribution in [0, 0.1) is 6.92 Å². The molecule has 2 aromatic heterocycles. The number of fused-ring (bicyclic) bond motifs is 1. The van der Waals surface area contributed by atoms with E-state index in [1.807, 2.05) is 35.8 Å². The zero-order valence-corrected chi connectivity index (χ0v) is 13.1. The fourth-order valence-corrected chi connectivity index (χ4v) is 2.62. The Labute approximate surface area is 132 Å². The van der Waals surface area contributed by atoms with Gasteiger partial charge in [0.05, 0.1) is 23.7 Å². The molecule has 0 amide bonds. The van der Waals surface area contributed by atoms with Gasteiger partial charge in [0.2, 0.25) is 0 Å². The second-order valence-electron chi connectivity index (χ2n) is 4.61. The lowest BCUT2D eigenvalue weighted by atomic mass is 10.3. The highest BCUT2D eigenvalue weighted by Gasteiger charge is 2.14. The minimum absolute atomic E-state index is 0.292. The second kappa shape index (κ2) is 5.54. The van der Waals surface area contributed by atoms with E-state index < -0.39 is 0 Å². The van der Waals surface area contributed by atoms with Crippen molar-refractivity contribution in [2.24, 2.45) is 0 Å². The van der Waals surface area contributed by atoms with Crippen LogP contribution < -0.4 is 4.74 Å². The predicted octanol–water partition coefficient (Wildman–Crippen LogP) is 4.13. The van der Waals surface area contributed by atoms with Gasteiger partial charge in [-0.3, -0.25) is 4.57 Å². The summed E-state index contributed by atoms with van der Waals surface area (Å²) in [4.78, 5) is 9.09. The van der Waals surface area contributed by atoms with E-state index >= 15 is 0 Å². The van der Waals surface area contributed by atoms with Crippen LogP contribution in [0.25, 0.3) is 16.9 Å². The Morgan fingerprint density at radius 3 is 2.71 bits per heavy atom. The summed E-state index contributed by atoms with van der Waals surface area (Å²) in [6, 6.07) is 9.41. The second-order valence-corrected chi connectivity index (χ2v) is 5.29. The molecule has 0 saturated carbocycles. The number of hydrogen-bond donors (Lipinski definition) is 0. The number of aryl methyl sites for hydroxylation is 1. The highest BCUT2D eigenvalue weighted by Crippen LogP contribution is 2.29. The van der Waals surface area contributed by atoms with Gasteiger partial charge in [-0.05, 0) is 31.2 Å². The molecular formula is C15H13Cl2N3O. The van der Waals surface area contributed by atoms with E-state index in [-0.39, 0.29) is 0 Å². The van der Waals surface area contributed by atoms with Gasteiger partial charge in [0.25, 0.3) is 0 Å². The largest absolute Gasteiger partial charge is 0.495 e. The first kappa shape index (κ1) is 14.2. The van der Waals surface area contributed by atoms with Crippen LogP contribution in [0.1, 0.15) is 11.5 Å². The van der Waals surface area contributed by atoms with E-state index in [9.17, 15) is 0 Å². The van der Waals surface area contributed by atoms with E-state index in [1.165, 1.54) is 0 Å². The van der Waals surface area contributed by atoms with Crippen molar-refractivity contribution < 1.29 is 4.74 Å². The lowest BCUT2D eigenvalue weighted by molar-refractivity contribution is 0.415. The van der Waals surface area contributed by atoms with Crippen molar-refractivity contribution in [1.29, 1.82) is 0 Å². The summed E-state index contributed by atoms with van der Waals surface area (Å²) in [7, 11) is 1.59. The number of ether oxygens (including phenoxy) is 1. The van der Waals surface area contributed by atoms with Crippen LogP contribution in [-0.4, -0.2) is 21.6 Å². The van der Waals surface area contributed by atoms with Gasteiger partial charge in [-0.15, -0.1) is 11.6 Å². The van der Waals surface area contributed by atoms with Crippen LogP contribution in [-0.2, 0) is 5.88 Å². The number of methoxy groups -OCH3 is 1. The summed E-state index contributed by atoms with van der Waals surface area (Å²) in [6.45, 7) is 1.94. The number of halogens is 2. The molecule has 21 heavy (non-hydrogen) atoms. The Bertz CT molecular complexity index is 814. The molecule has 0 bridgehead atoms. The first-order chi connectivity index (χ1) is 10.1. The molecule has 0 aliphatic heterocycles. The highest BCUT2D eigenvalue weighted by molar-refractivity contribution is 6.32. The van der Waals surface area contributed by atoms with Gasteiger partial charge in [0.1, 0.15) is 17.1 Å². The number of aromatic nitrogens is 3. The van der Waals surface area contributed by atoms with E-state index in [0.29, 0.717) is 16.7 Å². The minimum Gasteiger partial charge on any atom is -0.495 e. The molecule has 3 aromatic rings. The number of imidazole rings is 1. The van der Waals surface area contributed by atoms with Crippen LogP contribution in [0.2, 0.25) is 5.02 Å². The van der Waals surface area contributed by atoms with Gasteiger partial charge < -0.3 is 4.74 Å². The van der Waals surface area contributed by atoms with E-state index in [1.54, 1.807) is 13.2 Å². The summed E-state index contributed by atoms with van der Waals surface area (Å²) in [5.74, 6) is 1.62. The van der Waals surface area contributed by atoms with E-state index in [2.05, 4.69) is 9.97 Å². The van der Waals surface area contributed by atoms with Gasteiger partial charge in [-0.25, -0.2) is 9.97 Å². The molecular weight excluding hydrogens is 309 g/mol. The molecule has 4 nitrogen and oxygen atoms in total. The topological polar surface area (TPSA) is 39.9 Å².